The number of alkyl halides is 1. The normalized spacial score (nSPS) is 28.8. The Labute approximate surface area is 187 Å². The molecule has 3 aliphatic rings. The highest BCUT2D eigenvalue weighted by atomic mass is 35.5. The summed E-state index contributed by atoms with van der Waals surface area (Å²) in [4.78, 5) is 25.2. The van der Waals surface area contributed by atoms with Crippen LogP contribution in [0.1, 0.15) is 43.9 Å². The number of ether oxygens (including phenoxy) is 1. The molecule has 5 atom stereocenters. The molecule has 0 saturated heterocycles. The molecule has 8 heteroatoms. The summed E-state index contributed by atoms with van der Waals surface area (Å²) >= 11 is 6.63. The molecule has 31 heavy (non-hydrogen) atoms. The van der Waals surface area contributed by atoms with E-state index >= 15 is 0 Å². The van der Waals surface area contributed by atoms with Crippen LogP contribution in [-0.4, -0.2) is 40.6 Å². The third kappa shape index (κ3) is 4.87. The maximum atomic E-state index is 12.8. The minimum Gasteiger partial charge on any atom is -0.376 e. The Kier molecular flexibility index (Phi) is 6.52. The third-order valence-electron chi connectivity index (χ3n) is 6.68. The van der Waals surface area contributed by atoms with Crippen LogP contribution in [0.15, 0.2) is 28.6 Å². The van der Waals surface area contributed by atoms with Gasteiger partial charge in [-0.05, 0) is 56.6 Å². The summed E-state index contributed by atoms with van der Waals surface area (Å²) in [5, 5.41) is 15.4. The second-order valence-electron chi connectivity index (χ2n) is 8.99. The van der Waals surface area contributed by atoms with E-state index in [1.54, 1.807) is 19.2 Å². The van der Waals surface area contributed by atoms with Gasteiger partial charge in [-0.1, -0.05) is 6.08 Å². The Morgan fingerprint density at radius 3 is 2.84 bits per heavy atom. The maximum Gasteiger partial charge on any atom is 0.255 e. The molecule has 0 spiro atoms. The largest absolute Gasteiger partial charge is 0.376 e. The van der Waals surface area contributed by atoms with Gasteiger partial charge in [0.25, 0.3) is 5.56 Å². The van der Waals surface area contributed by atoms with Crippen LogP contribution in [0.4, 0.5) is 0 Å². The average Bonchev–Trinajstić information content (AvgIpc) is 3.57. The Hall–Kier alpha value is -2.14. The van der Waals surface area contributed by atoms with Gasteiger partial charge in [-0.15, -0.1) is 11.6 Å². The summed E-state index contributed by atoms with van der Waals surface area (Å²) in [6.45, 7) is 3.01. The minimum atomic E-state index is -0.223. The van der Waals surface area contributed by atoms with E-state index < -0.39 is 0 Å². The number of nitrogens with zero attached hydrogens (tertiary/aromatic N) is 2. The van der Waals surface area contributed by atoms with E-state index in [9.17, 15) is 9.59 Å². The minimum absolute atomic E-state index is 0.0121. The van der Waals surface area contributed by atoms with Crippen molar-refractivity contribution in [3.8, 4) is 6.07 Å². The number of fused-ring (bicyclic) bond motifs is 1. The van der Waals surface area contributed by atoms with Gasteiger partial charge in [0.1, 0.15) is 11.8 Å². The first-order valence-corrected chi connectivity index (χ1v) is 11.4. The summed E-state index contributed by atoms with van der Waals surface area (Å²) in [6.07, 6.45) is 6.03. The van der Waals surface area contributed by atoms with E-state index in [0.717, 1.165) is 19.4 Å². The monoisotopic (exact) mass is 444 g/mol. The van der Waals surface area contributed by atoms with Crippen LogP contribution in [0.3, 0.4) is 0 Å². The van der Waals surface area contributed by atoms with Crippen LogP contribution < -0.4 is 16.2 Å². The number of hydrogen-bond donors (Lipinski definition) is 2. The van der Waals surface area contributed by atoms with Crippen LogP contribution in [0.5, 0.6) is 0 Å². The number of amides is 1. The van der Waals surface area contributed by atoms with Crippen molar-refractivity contribution in [2.24, 2.45) is 18.9 Å². The van der Waals surface area contributed by atoms with E-state index in [-0.39, 0.29) is 40.9 Å². The molecule has 1 aromatic heterocycles. The van der Waals surface area contributed by atoms with Gasteiger partial charge in [0.15, 0.2) is 0 Å². The van der Waals surface area contributed by atoms with Gasteiger partial charge >= 0.3 is 0 Å². The highest BCUT2D eigenvalue weighted by molar-refractivity contribution is 6.21. The molecule has 0 aromatic carbocycles. The van der Waals surface area contributed by atoms with Crippen molar-refractivity contribution in [1.29, 1.82) is 5.26 Å². The maximum absolute atomic E-state index is 12.8. The molecule has 1 amide bonds. The first kappa shape index (κ1) is 22.1. The van der Waals surface area contributed by atoms with Gasteiger partial charge in [0.2, 0.25) is 5.91 Å². The average molecular weight is 445 g/mol. The SMILES string of the molecule is C[C@H](NCc1ccc(C#N)n(C)c1=O)C1=CC2CC(Cl)C(OCC3CC3)CC2NC1=O. The molecular weight excluding hydrogens is 416 g/mol. The number of hydrogen-bond acceptors (Lipinski definition) is 5. The summed E-state index contributed by atoms with van der Waals surface area (Å²) in [7, 11) is 1.58. The number of nitriles is 1. The number of nitrogens with one attached hydrogen (secondary N) is 2. The molecule has 0 radical (unpaired) electrons. The molecule has 2 aliphatic carbocycles. The predicted molar refractivity (Wildman–Crippen MR) is 118 cm³/mol. The lowest BCUT2D eigenvalue weighted by Gasteiger charge is -2.41. The zero-order chi connectivity index (χ0) is 22.1. The predicted octanol–water partition coefficient (Wildman–Crippen LogP) is 1.97. The van der Waals surface area contributed by atoms with Gasteiger partial charge in [-0.2, -0.15) is 5.26 Å². The molecule has 1 aliphatic heterocycles. The van der Waals surface area contributed by atoms with Crippen molar-refractivity contribution in [3.63, 3.8) is 0 Å². The van der Waals surface area contributed by atoms with Crippen LogP contribution in [0, 0.1) is 23.2 Å². The standard InChI is InChI=1S/C23H29ClN4O3/c1-13(26-11-15-5-6-17(10-25)28(2)23(15)30)18-7-16-8-19(24)21(31-12-14-3-4-14)9-20(16)27-22(18)29/h5-7,13-14,16,19-21,26H,3-4,8-9,11-12H2,1-2H3,(H,27,29)/t13-,16?,19?,20?,21?/m0/s1. The van der Waals surface area contributed by atoms with Gasteiger partial charge < -0.3 is 19.9 Å². The molecule has 2 heterocycles. The highest BCUT2D eigenvalue weighted by Crippen LogP contribution is 2.36. The molecule has 0 bridgehead atoms. The van der Waals surface area contributed by atoms with Crippen LogP contribution in [0.2, 0.25) is 0 Å². The van der Waals surface area contributed by atoms with E-state index in [4.69, 9.17) is 21.6 Å². The first-order chi connectivity index (χ1) is 14.9. The second-order valence-corrected chi connectivity index (χ2v) is 9.55. The van der Waals surface area contributed by atoms with E-state index in [0.29, 0.717) is 29.3 Å². The molecule has 7 nitrogen and oxygen atoms in total. The quantitative estimate of drug-likeness (QED) is 0.627. The van der Waals surface area contributed by atoms with Crippen molar-refractivity contribution >= 4 is 17.5 Å². The van der Waals surface area contributed by atoms with E-state index in [1.165, 1.54) is 17.4 Å². The Morgan fingerprint density at radius 2 is 2.13 bits per heavy atom. The van der Waals surface area contributed by atoms with Gasteiger partial charge in [0, 0.05) is 43.4 Å². The van der Waals surface area contributed by atoms with Crippen LogP contribution in [0.25, 0.3) is 0 Å². The molecule has 4 rings (SSSR count). The number of pyridine rings is 1. The summed E-state index contributed by atoms with van der Waals surface area (Å²) in [5.74, 6) is 0.792. The molecule has 1 aromatic rings. The lowest BCUT2D eigenvalue weighted by Crippen LogP contribution is -2.53. The molecule has 166 valence electrons. The lowest BCUT2D eigenvalue weighted by molar-refractivity contribution is -0.120. The second kappa shape index (κ2) is 9.15. The molecular formula is C23H29ClN4O3. The van der Waals surface area contributed by atoms with Crippen LogP contribution in [-0.2, 0) is 23.1 Å². The third-order valence-corrected chi connectivity index (χ3v) is 7.14. The zero-order valence-electron chi connectivity index (χ0n) is 17.9. The topological polar surface area (TPSA) is 96.2 Å². The molecule has 4 unspecified atom stereocenters. The Bertz CT molecular complexity index is 978. The number of halogens is 1. The summed E-state index contributed by atoms with van der Waals surface area (Å²) < 4.78 is 7.37. The van der Waals surface area contributed by atoms with Gasteiger partial charge in [-0.3, -0.25) is 9.59 Å². The fourth-order valence-corrected chi connectivity index (χ4v) is 4.80. The highest BCUT2D eigenvalue weighted by Gasteiger charge is 2.41. The van der Waals surface area contributed by atoms with Crippen molar-refractivity contribution < 1.29 is 9.53 Å². The fraction of sp³-hybridized carbons (Fsp3) is 0.609. The fourth-order valence-electron chi connectivity index (χ4n) is 4.42. The van der Waals surface area contributed by atoms with E-state index in [1.807, 2.05) is 19.1 Å². The zero-order valence-corrected chi connectivity index (χ0v) is 18.7. The number of aromatic nitrogens is 1. The number of carbonyl (C=O) groups is 1. The number of carbonyl (C=O) groups excluding carboxylic acids is 1. The molecule has 2 saturated carbocycles. The van der Waals surface area contributed by atoms with E-state index in [2.05, 4.69) is 10.6 Å². The Balaban J connectivity index is 1.39. The summed E-state index contributed by atoms with van der Waals surface area (Å²) in [6, 6.07) is 5.11. The van der Waals surface area contributed by atoms with Crippen molar-refractivity contribution in [1.82, 2.24) is 15.2 Å². The summed E-state index contributed by atoms with van der Waals surface area (Å²) in [5.41, 5.74) is 1.33. The number of rotatable bonds is 7. The van der Waals surface area contributed by atoms with Crippen molar-refractivity contribution in [2.75, 3.05) is 6.61 Å². The smallest absolute Gasteiger partial charge is 0.255 e. The van der Waals surface area contributed by atoms with Gasteiger partial charge in [0.05, 0.1) is 11.5 Å². The molecule has 2 fully saturated rings. The Morgan fingerprint density at radius 1 is 1.35 bits per heavy atom. The molecule has 2 N–H and O–H groups in total. The van der Waals surface area contributed by atoms with Crippen LogP contribution >= 0.6 is 11.6 Å². The van der Waals surface area contributed by atoms with Crippen molar-refractivity contribution in [2.45, 2.75) is 62.7 Å². The van der Waals surface area contributed by atoms with Crippen molar-refractivity contribution in [3.05, 3.63) is 45.4 Å². The lowest BCUT2D eigenvalue weighted by atomic mass is 9.78. The first-order valence-electron chi connectivity index (χ1n) is 11.0. The van der Waals surface area contributed by atoms with Gasteiger partial charge in [-0.25, -0.2) is 0 Å².